The van der Waals surface area contributed by atoms with Crippen LogP contribution in [0.1, 0.15) is 13.8 Å². The molecule has 0 amide bonds. The average molecular weight is 211 g/mol. The molecule has 13 heavy (non-hydrogen) atoms. The van der Waals surface area contributed by atoms with Crippen LogP contribution in [0.4, 0.5) is 0 Å². The van der Waals surface area contributed by atoms with Gasteiger partial charge in [-0.2, -0.15) is 4.72 Å². The zero-order valence-corrected chi connectivity index (χ0v) is 8.21. The van der Waals surface area contributed by atoms with Gasteiger partial charge in [-0.15, -0.1) is 0 Å². The van der Waals surface area contributed by atoms with Crippen LogP contribution in [0.2, 0.25) is 0 Å². The molecule has 0 saturated heterocycles. The van der Waals surface area contributed by atoms with E-state index in [1.165, 1.54) is 13.8 Å². The van der Waals surface area contributed by atoms with Crippen molar-refractivity contribution in [2.75, 3.05) is 5.75 Å². The van der Waals surface area contributed by atoms with Gasteiger partial charge in [-0.3, -0.25) is 4.79 Å². The largest absolute Gasteiger partial charge is 0.480 e. The van der Waals surface area contributed by atoms with Crippen molar-refractivity contribution in [3.63, 3.8) is 0 Å². The number of aliphatic carboxylic acids is 1. The second kappa shape index (κ2) is 4.54. The molecule has 2 unspecified atom stereocenters. The first-order valence-corrected chi connectivity index (χ1v) is 5.36. The normalized spacial score (nSPS) is 16.5. The Morgan fingerprint density at radius 1 is 1.54 bits per heavy atom. The van der Waals surface area contributed by atoms with Crippen molar-refractivity contribution in [1.29, 1.82) is 0 Å². The van der Waals surface area contributed by atoms with Crippen LogP contribution < -0.4 is 4.72 Å². The first-order chi connectivity index (χ1) is 5.80. The fourth-order valence-corrected chi connectivity index (χ4v) is 1.48. The summed E-state index contributed by atoms with van der Waals surface area (Å²) < 4.78 is 23.7. The number of rotatable bonds is 5. The monoisotopic (exact) mass is 211 g/mol. The molecule has 0 bridgehead atoms. The molecule has 2 atom stereocenters. The highest BCUT2D eigenvalue weighted by Gasteiger charge is 2.27. The van der Waals surface area contributed by atoms with E-state index < -0.39 is 28.1 Å². The second-order valence-electron chi connectivity index (χ2n) is 2.58. The number of aliphatic hydroxyl groups excluding tert-OH is 1. The summed E-state index contributed by atoms with van der Waals surface area (Å²) in [6.45, 7) is 2.58. The first-order valence-electron chi connectivity index (χ1n) is 3.71. The molecule has 0 saturated carbocycles. The van der Waals surface area contributed by atoms with Crippen LogP contribution in [0.5, 0.6) is 0 Å². The molecule has 78 valence electrons. The average Bonchev–Trinajstić information content (AvgIpc) is 1.99. The molecular formula is C6H13NO5S. The molecule has 0 radical (unpaired) electrons. The third-order valence-corrected chi connectivity index (χ3v) is 2.81. The summed E-state index contributed by atoms with van der Waals surface area (Å²) in [5.74, 6) is -1.62. The lowest BCUT2D eigenvalue weighted by molar-refractivity contribution is -0.141. The molecule has 0 rings (SSSR count). The van der Waals surface area contributed by atoms with Gasteiger partial charge in [-0.1, -0.05) is 0 Å². The van der Waals surface area contributed by atoms with Crippen molar-refractivity contribution in [1.82, 2.24) is 4.72 Å². The van der Waals surface area contributed by atoms with E-state index in [0.717, 1.165) is 0 Å². The number of carboxylic acids is 1. The Balaban J connectivity index is 4.54. The summed E-state index contributed by atoms with van der Waals surface area (Å²) in [5, 5.41) is 17.4. The molecule has 0 aliphatic carbocycles. The molecule has 0 aliphatic rings. The van der Waals surface area contributed by atoms with Gasteiger partial charge >= 0.3 is 5.97 Å². The van der Waals surface area contributed by atoms with Gasteiger partial charge in [-0.05, 0) is 13.8 Å². The van der Waals surface area contributed by atoms with Gasteiger partial charge < -0.3 is 10.2 Å². The minimum atomic E-state index is -3.60. The van der Waals surface area contributed by atoms with Gasteiger partial charge in [0.15, 0.2) is 0 Å². The van der Waals surface area contributed by atoms with Crippen molar-refractivity contribution in [2.45, 2.75) is 26.0 Å². The van der Waals surface area contributed by atoms with Crippen LogP contribution in [0.15, 0.2) is 0 Å². The third-order valence-electron chi connectivity index (χ3n) is 1.44. The minimum Gasteiger partial charge on any atom is -0.480 e. The van der Waals surface area contributed by atoms with Crippen LogP contribution >= 0.6 is 0 Å². The van der Waals surface area contributed by atoms with Crippen LogP contribution in [0.25, 0.3) is 0 Å². The number of hydrogen-bond acceptors (Lipinski definition) is 4. The van der Waals surface area contributed by atoms with E-state index in [2.05, 4.69) is 0 Å². The maximum atomic E-state index is 10.9. The van der Waals surface area contributed by atoms with Gasteiger partial charge in [0.25, 0.3) is 0 Å². The zero-order chi connectivity index (χ0) is 10.6. The standard InChI is InChI=1S/C6H13NO5S/c1-3-13(11,12)7-5(4(2)8)6(9)10/h4-5,7-8H,3H2,1-2H3,(H,9,10). The number of sulfonamides is 1. The Morgan fingerprint density at radius 3 is 2.23 bits per heavy atom. The smallest absolute Gasteiger partial charge is 0.324 e. The molecule has 0 aromatic carbocycles. The Morgan fingerprint density at radius 2 is 2.00 bits per heavy atom. The van der Waals surface area contributed by atoms with E-state index in [0.29, 0.717) is 0 Å². The fraction of sp³-hybridized carbons (Fsp3) is 0.833. The summed E-state index contributed by atoms with van der Waals surface area (Å²) in [6, 6.07) is -1.48. The van der Waals surface area contributed by atoms with Crippen molar-refractivity contribution < 1.29 is 23.4 Å². The third kappa shape index (κ3) is 4.20. The number of nitrogens with one attached hydrogen (secondary N) is 1. The van der Waals surface area contributed by atoms with Gasteiger partial charge in [0, 0.05) is 0 Å². The molecule has 7 heteroatoms. The zero-order valence-electron chi connectivity index (χ0n) is 7.39. The van der Waals surface area contributed by atoms with Gasteiger partial charge in [0.2, 0.25) is 10.0 Å². The second-order valence-corrected chi connectivity index (χ2v) is 4.62. The van der Waals surface area contributed by atoms with Gasteiger partial charge in [0.1, 0.15) is 6.04 Å². The lowest BCUT2D eigenvalue weighted by atomic mass is 10.2. The molecule has 0 aromatic heterocycles. The highest BCUT2D eigenvalue weighted by atomic mass is 32.2. The molecule has 3 N–H and O–H groups in total. The topological polar surface area (TPSA) is 104 Å². The fourth-order valence-electron chi connectivity index (χ4n) is 0.632. The lowest BCUT2D eigenvalue weighted by Crippen LogP contribution is -2.47. The molecule has 0 aromatic rings. The number of hydrogen-bond donors (Lipinski definition) is 3. The van der Waals surface area contributed by atoms with Crippen molar-refractivity contribution >= 4 is 16.0 Å². The summed E-state index contributed by atoms with van der Waals surface area (Å²) in [5.41, 5.74) is 0. The van der Waals surface area contributed by atoms with Crippen molar-refractivity contribution in [2.24, 2.45) is 0 Å². The van der Waals surface area contributed by atoms with E-state index >= 15 is 0 Å². The first kappa shape index (κ1) is 12.3. The Hall–Kier alpha value is -0.660. The molecule has 0 spiro atoms. The van der Waals surface area contributed by atoms with Crippen LogP contribution in [-0.2, 0) is 14.8 Å². The quantitative estimate of drug-likeness (QED) is 0.527. The van der Waals surface area contributed by atoms with Gasteiger partial charge in [-0.25, -0.2) is 8.42 Å². The Bertz CT molecular complexity index is 271. The summed E-state index contributed by atoms with van der Waals surface area (Å²) in [6.07, 6.45) is -1.26. The highest BCUT2D eigenvalue weighted by Crippen LogP contribution is 1.96. The van der Waals surface area contributed by atoms with E-state index in [-0.39, 0.29) is 5.75 Å². The summed E-state index contributed by atoms with van der Waals surface area (Å²) in [4.78, 5) is 10.4. The summed E-state index contributed by atoms with van der Waals surface area (Å²) >= 11 is 0. The molecule has 0 fully saturated rings. The SMILES string of the molecule is CCS(=O)(=O)NC(C(=O)O)C(C)O. The predicted molar refractivity (Wildman–Crippen MR) is 45.7 cm³/mol. The van der Waals surface area contributed by atoms with Crippen molar-refractivity contribution in [3.05, 3.63) is 0 Å². The lowest BCUT2D eigenvalue weighted by Gasteiger charge is -2.16. The van der Waals surface area contributed by atoms with Crippen molar-refractivity contribution in [3.8, 4) is 0 Å². The van der Waals surface area contributed by atoms with Gasteiger partial charge in [0.05, 0.1) is 11.9 Å². The molecule has 0 aliphatic heterocycles. The maximum absolute atomic E-state index is 10.9. The van der Waals surface area contributed by atoms with E-state index in [1.54, 1.807) is 0 Å². The highest BCUT2D eigenvalue weighted by molar-refractivity contribution is 7.89. The predicted octanol–water partition coefficient (Wildman–Crippen LogP) is -1.24. The van der Waals surface area contributed by atoms with E-state index in [4.69, 9.17) is 10.2 Å². The van der Waals surface area contributed by atoms with E-state index in [1.807, 2.05) is 4.72 Å². The maximum Gasteiger partial charge on any atom is 0.324 e. The van der Waals surface area contributed by atoms with Crippen LogP contribution in [0, 0.1) is 0 Å². The molecule has 0 heterocycles. The van der Waals surface area contributed by atoms with Crippen LogP contribution in [-0.4, -0.2) is 42.5 Å². The Labute approximate surface area is 76.6 Å². The Kier molecular flexibility index (Phi) is 4.31. The van der Waals surface area contributed by atoms with Crippen LogP contribution in [0.3, 0.4) is 0 Å². The molecule has 6 nitrogen and oxygen atoms in total. The summed E-state index contributed by atoms with van der Waals surface area (Å²) in [7, 11) is -3.60. The number of aliphatic hydroxyl groups is 1. The number of carbonyl (C=O) groups is 1. The van der Waals surface area contributed by atoms with E-state index in [9.17, 15) is 13.2 Å². The molecular weight excluding hydrogens is 198 g/mol. The number of carboxylic acid groups (broad SMARTS) is 1. The minimum absolute atomic E-state index is 0.219.